The van der Waals surface area contributed by atoms with Crippen LogP contribution in [-0.4, -0.2) is 50.9 Å². The van der Waals surface area contributed by atoms with Crippen LogP contribution >= 0.6 is 0 Å². The molecule has 2 fully saturated rings. The number of amides is 4. The van der Waals surface area contributed by atoms with Gasteiger partial charge in [0.05, 0.1) is 11.0 Å². The number of nitrogens with one attached hydrogen (secondary N) is 2. The lowest BCUT2D eigenvalue weighted by atomic mass is 9.64. The number of rotatable bonds is 5. The van der Waals surface area contributed by atoms with Gasteiger partial charge < -0.3 is 15.2 Å². The average molecular weight is 426 g/mol. The number of fused-ring (bicyclic) bond motifs is 1. The zero-order chi connectivity index (χ0) is 22.4. The van der Waals surface area contributed by atoms with Gasteiger partial charge in [-0.05, 0) is 49.7 Å². The van der Waals surface area contributed by atoms with E-state index in [1.165, 1.54) is 0 Å². The molecule has 2 aromatic rings. The van der Waals surface area contributed by atoms with Crippen molar-refractivity contribution in [3.05, 3.63) is 30.1 Å². The molecule has 1 aliphatic carbocycles. The molecule has 1 aromatic heterocycles. The molecule has 2 heterocycles. The molecule has 1 spiro atoms. The second-order valence-electron chi connectivity index (χ2n) is 9.91. The molecule has 0 unspecified atom stereocenters. The highest BCUT2D eigenvalue weighted by Crippen LogP contribution is 2.46. The van der Waals surface area contributed by atoms with Crippen LogP contribution in [0.5, 0.6) is 0 Å². The van der Waals surface area contributed by atoms with E-state index in [0.29, 0.717) is 31.8 Å². The van der Waals surface area contributed by atoms with E-state index < -0.39 is 11.6 Å². The maximum absolute atomic E-state index is 13.2. The summed E-state index contributed by atoms with van der Waals surface area (Å²) in [5.74, 6) is 0.588. The third-order valence-corrected chi connectivity index (χ3v) is 6.43. The van der Waals surface area contributed by atoms with E-state index in [1.54, 1.807) is 0 Å². The van der Waals surface area contributed by atoms with Gasteiger partial charge in [0.1, 0.15) is 17.9 Å². The number of nitrogens with zero attached hydrogens (tertiary/aromatic N) is 3. The number of hydrogen-bond acceptors (Lipinski definition) is 4. The molecule has 1 aliphatic heterocycles. The first-order chi connectivity index (χ1) is 14.6. The summed E-state index contributed by atoms with van der Waals surface area (Å²) in [7, 11) is 0. The van der Waals surface area contributed by atoms with E-state index in [9.17, 15) is 14.4 Å². The van der Waals surface area contributed by atoms with E-state index in [1.807, 2.05) is 35.8 Å². The average Bonchev–Trinajstić information content (AvgIpc) is 3.09. The van der Waals surface area contributed by atoms with Crippen LogP contribution in [0.2, 0.25) is 0 Å². The van der Waals surface area contributed by atoms with Gasteiger partial charge >= 0.3 is 6.03 Å². The van der Waals surface area contributed by atoms with Crippen molar-refractivity contribution in [3.8, 4) is 0 Å². The summed E-state index contributed by atoms with van der Waals surface area (Å²) in [6, 6.07) is 7.38. The Morgan fingerprint density at radius 1 is 1.26 bits per heavy atom. The summed E-state index contributed by atoms with van der Waals surface area (Å²) in [5, 5.41) is 5.75. The molecule has 0 radical (unpaired) electrons. The Balaban J connectivity index is 1.37. The van der Waals surface area contributed by atoms with Crippen molar-refractivity contribution < 1.29 is 14.4 Å². The molecule has 166 valence electrons. The number of imidazole rings is 1. The Labute approximate surface area is 182 Å². The number of carbonyl (C=O) groups excluding carboxylic acids is 3. The van der Waals surface area contributed by atoms with Gasteiger partial charge in [0.25, 0.3) is 5.91 Å². The van der Waals surface area contributed by atoms with E-state index in [4.69, 9.17) is 0 Å². The summed E-state index contributed by atoms with van der Waals surface area (Å²) in [4.78, 5) is 43.8. The Hall–Kier alpha value is -2.90. The SMILES string of the molecule is Cc1nc2ccccc2n1CCNC(=O)CN1C(=O)N[C@@]2(C[C@@H](C)CC(C)(C)C2)C1=O. The molecule has 8 heteroatoms. The predicted molar refractivity (Wildman–Crippen MR) is 117 cm³/mol. The van der Waals surface area contributed by atoms with Crippen LogP contribution in [-0.2, 0) is 16.1 Å². The Morgan fingerprint density at radius 3 is 2.74 bits per heavy atom. The van der Waals surface area contributed by atoms with Crippen molar-refractivity contribution in [1.29, 1.82) is 0 Å². The number of aryl methyl sites for hydroxylation is 1. The van der Waals surface area contributed by atoms with Crippen LogP contribution in [0.25, 0.3) is 11.0 Å². The maximum Gasteiger partial charge on any atom is 0.325 e. The number of imide groups is 1. The quantitative estimate of drug-likeness (QED) is 0.720. The zero-order valence-electron chi connectivity index (χ0n) is 18.7. The Bertz CT molecular complexity index is 1040. The standard InChI is InChI=1S/C23H31N5O3/c1-15-11-22(3,4)14-23(12-15)20(30)28(21(31)26-23)13-19(29)24-9-10-27-16(2)25-17-7-5-6-8-18(17)27/h5-8,15H,9-14H2,1-4H3,(H,24,29)(H,26,31)/t15-,23+/m0/s1. The summed E-state index contributed by atoms with van der Waals surface area (Å²) in [6.45, 7) is 8.99. The molecule has 4 amide bonds. The van der Waals surface area contributed by atoms with Gasteiger partial charge in [0, 0.05) is 13.1 Å². The van der Waals surface area contributed by atoms with Crippen molar-refractivity contribution >= 4 is 28.9 Å². The van der Waals surface area contributed by atoms with Gasteiger partial charge in [-0.3, -0.25) is 14.5 Å². The fourth-order valence-electron chi connectivity index (χ4n) is 5.63. The summed E-state index contributed by atoms with van der Waals surface area (Å²) in [6.07, 6.45) is 2.23. The van der Waals surface area contributed by atoms with Crippen LogP contribution in [0.3, 0.4) is 0 Å². The van der Waals surface area contributed by atoms with Crippen molar-refractivity contribution in [1.82, 2.24) is 25.1 Å². The molecule has 2 N–H and O–H groups in total. The number of urea groups is 1. The molecule has 2 aliphatic rings. The Morgan fingerprint density at radius 2 is 2.00 bits per heavy atom. The lowest BCUT2D eigenvalue weighted by molar-refractivity contribution is -0.137. The van der Waals surface area contributed by atoms with Crippen molar-refractivity contribution in [2.75, 3.05) is 13.1 Å². The lowest BCUT2D eigenvalue weighted by Gasteiger charge is -2.43. The molecular weight excluding hydrogens is 394 g/mol. The fourth-order valence-corrected chi connectivity index (χ4v) is 5.63. The Kier molecular flexibility index (Phi) is 5.27. The minimum Gasteiger partial charge on any atom is -0.353 e. The van der Waals surface area contributed by atoms with E-state index in [0.717, 1.165) is 28.2 Å². The van der Waals surface area contributed by atoms with Crippen molar-refractivity contribution in [2.45, 2.75) is 59.0 Å². The monoisotopic (exact) mass is 425 g/mol. The molecule has 0 bridgehead atoms. The van der Waals surface area contributed by atoms with Crippen LogP contribution in [0.1, 0.15) is 45.9 Å². The van der Waals surface area contributed by atoms with Gasteiger partial charge in [-0.25, -0.2) is 9.78 Å². The fraction of sp³-hybridized carbons (Fsp3) is 0.565. The minimum atomic E-state index is -0.884. The third-order valence-electron chi connectivity index (χ3n) is 6.43. The van der Waals surface area contributed by atoms with E-state index >= 15 is 0 Å². The predicted octanol–water partition coefficient (Wildman–Crippen LogP) is 2.60. The molecule has 8 nitrogen and oxygen atoms in total. The third kappa shape index (κ3) is 4.03. The molecule has 31 heavy (non-hydrogen) atoms. The summed E-state index contributed by atoms with van der Waals surface area (Å²) >= 11 is 0. The van der Waals surface area contributed by atoms with Gasteiger partial charge in [-0.1, -0.05) is 32.9 Å². The molecular formula is C23H31N5O3. The topological polar surface area (TPSA) is 96.3 Å². The first kappa shape index (κ1) is 21.3. The first-order valence-corrected chi connectivity index (χ1v) is 10.9. The smallest absolute Gasteiger partial charge is 0.325 e. The highest BCUT2D eigenvalue weighted by Gasteiger charge is 2.56. The highest BCUT2D eigenvalue weighted by atomic mass is 16.2. The first-order valence-electron chi connectivity index (χ1n) is 10.9. The lowest BCUT2D eigenvalue weighted by Crippen LogP contribution is -2.54. The van der Waals surface area contributed by atoms with Crippen molar-refractivity contribution in [3.63, 3.8) is 0 Å². The van der Waals surface area contributed by atoms with Crippen molar-refractivity contribution in [2.24, 2.45) is 11.3 Å². The summed E-state index contributed by atoms with van der Waals surface area (Å²) in [5.41, 5.74) is 1.01. The molecule has 1 saturated heterocycles. The zero-order valence-corrected chi connectivity index (χ0v) is 18.7. The largest absolute Gasteiger partial charge is 0.353 e. The van der Waals surface area contributed by atoms with Gasteiger partial charge in [0.2, 0.25) is 5.91 Å². The maximum atomic E-state index is 13.2. The van der Waals surface area contributed by atoms with E-state index in [2.05, 4.69) is 36.4 Å². The van der Waals surface area contributed by atoms with Crippen LogP contribution in [0, 0.1) is 18.3 Å². The number of para-hydroxylation sites is 2. The summed E-state index contributed by atoms with van der Waals surface area (Å²) < 4.78 is 2.05. The van der Waals surface area contributed by atoms with Gasteiger partial charge in [-0.2, -0.15) is 0 Å². The van der Waals surface area contributed by atoms with Crippen LogP contribution < -0.4 is 10.6 Å². The van der Waals surface area contributed by atoms with Gasteiger partial charge in [-0.15, -0.1) is 0 Å². The minimum absolute atomic E-state index is 0.0374. The number of benzene rings is 1. The molecule has 2 atom stereocenters. The number of hydrogen-bond donors (Lipinski definition) is 2. The molecule has 1 aromatic carbocycles. The molecule has 4 rings (SSSR count). The number of carbonyl (C=O) groups is 3. The molecule has 1 saturated carbocycles. The highest BCUT2D eigenvalue weighted by molar-refractivity contribution is 6.09. The van der Waals surface area contributed by atoms with E-state index in [-0.39, 0.29) is 23.8 Å². The van der Waals surface area contributed by atoms with Gasteiger partial charge in [0.15, 0.2) is 0 Å². The number of aromatic nitrogens is 2. The second-order valence-corrected chi connectivity index (χ2v) is 9.91. The van der Waals surface area contributed by atoms with Crippen LogP contribution in [0.4, 0.5) is 4.79 Å². The second kappa shape index (κ2) is 7.66. The van der Waals surface area contributed by atoms with Crippen LogP contribution in [0.15, 0.2) is 24.3 Å². The normalized spacial score (nSPS) is 25.3.